The van der Waals surface area contributed by atoms with Crippen LogP contribution >= 0.6 is 0 Å². The molecule has 0 atom stereocenters. The van der Waals surface area contributed by atoms with E-state index in [0.717, 1.165) is 85.1 Å². The Kier molecular flexibility index (Phi) is 28.6. The van der Waals surface area contributed by atoms with Crippen LogP contribution in [0.4, 0.5) is 37.7 Å². The molecule has 6 aromatic heterocycles. The van der Waals surface area contributed by atoms with Crippen molar-refractivity contribution in [2.24, 2.45) is 0 Å². The minimum Gasteiger partial charge on any atom is -0.448 e. The van der Waals surface area contributed by atoms with Crippen LogP contribution in [0.3, 0.4) is 0 Å². The summed E-state index contributed by atoms with van der Waals surface area (Å²) in [5.74, 6) is -6.23. The van der Waals surface area contributed by atoms with Crippen molar-refractivity contribution in [3.63, 3.8) is 0 Å². The van der Waals surface area contributed by atoms with Crippen LogP contribution in [-0.2, 0) is 60.3 Å². The Hall–Kier alpha value is -11.9. The fraction of sp³-hybridized carbons (Fsp3) is 0.0633. The molecule has 0 aliphatic rings. The summed E-state index contributed by atoms with van der Waals surface area (Å²) in [5, 5.41) is 38.9. The summed E-state index contributed by atoms with van der Waals surface area (Å²) in [6.45, 7) is 8.88. The van der Waals surface area contributed by atoms with Crippen molar-refractivity contribution in [1.29, 1.82) is 10.5 Å². The van der Waals surface area contributed by atoms with Crippen molar-refractivity contribution in [2.75, 3.05) is 0 Å². The molecule has 17 nitrogen and oxygen atoms in total. The predicted molar refractivity (Wildman–Crippen MR) is 368 cm³/mol. The van der Waals surface area contributed by atoms with E-state index in [-0.39, 0.29) is 94.0 Å². The Balaban J connectivity index is 0.000000175. The first-order chi connectivity index (χ1) is 49.2. The van der Waals surface area contributed by atoms with E-state index in [2.05, 4.69) is 110 Å². The van der Waals surface area contributed by atoms with Gasteiger partial charge in [-0.1, -0.05) is 171 Å². The Labute approximate surface area is 638 Å². The molecule has 0 radical (unpaired) electrons. The minimum absolute atomic E-state index is 0. The number of fused-ring (bicyclic) bond motifs is 3. The summed E-state index contributed by atoms with van der Waals surface area (Å²) in [6.07, 6.45) is 13.3. The number of hydrogen-bond acceptors (Lipinski definition) is 12. The second kappa shape index (κ2) is 37.4. The molecule has 15 aromatic rings. The number of nitriles is 2. The number of pyridine rings is 3. The SMILES string of the molecule is Cc1cc[c-]c(-n2[c-]nc3ccccc32)c1.Cc1ccnc(-c2[c-]cc(F)c(C)c2F)c1.Cc1ccnc(-c2[c-]cc(F)c([N+](=O)[O-])c2F)c1.Cc1ccnc(-c2[c-]cc(F)c([N+](=O)[O-])c2F)c1.N#Cc1cc[c-]c(-n2[c-]nc3ccccc32)c1.N#Cc1cc[c-]c(-n2[c-]nc3ccccc32)c1.[Ir+3].[Ir+3].[Ir+3]. The first kappa shape index (κ1) is 80.5. The number of halogens is 6. The van der Waals surface area contributed by atoms with Crippen LogP contribution in [0.25, 0.3) is 83.9 Å². The monoisotopic (exact) mass is 1940 g/mol. The molecule has 0 N–H and O–H groups in total. The number of rotatable bonds is 8. The molecule has 0 saturated carbocycles. The van der Waals surface area contributed by atoms with Gasteiger partial charge in [-0.3, -0.25) is 46.6 Å². The second-order valence-corrected chi connectivity index (χ2v) is 22.0. The molecular weight excluding hydrogens is 1890 g/mol. The number of nitrogens with zero attached hydrogens (tertiary/aromatic N) is 13. The van der Waals surface area contributed by atoms with E-state index in [1.54, 1.807) is 83.8 Å². The molecule has 15 rings (SSSR count). The van der Waals surface area contributed by atoms with E-state index >= 15 is 0 Å². The average molecular weight is 1930 g/mol. The van der Waals surface area contributed by atoms with Crippen molar-refractivity contribution in [3.05, 3.63) is 350 Å². The Morgan fingerprint density at radius 1 is 0.400 bits per heavy atom. The van der Waals surface area contributed by atoms with Crippen LogP contribution in [0, 0.1) is 168 Å². The molecule has 6 heterocycles. The summed E-state index contributed by atoms with van der Waals surface area (Å²) in [5.41, 5.74) is 11.4. The molecule has 0 saturated heterocycles. The van der Waals surface area contributed by atoms with Crippen LogP contribution in [0.1, 0.15) is 38.9 Å². The van der Waals surface area contributed by atoms with Crippen LogP contribution in [0.15, 0.2) is 201 Å². The third-order valence-electron chi connectivity index (χ3n) is 14.8. The Morgan fingerprint density at radius 3 is 1.05 bits per heavy atom. The van der Waals surface area contributed by atoms with Gasteiger partial charge < -0.3 is 43.6 Å². The quantitative estimate of drug-likeness (QED) is 0.0599. The summed E-state index contributed by atoms with van der Waals surface area (Å²) >= 11 is 0. The van der Waals surface area contributed by atoms with Gasteiger partial charge in [-0.2, -0.15) is 87.7 Å². The largest absolute Gasteiger partial charge is 3.00 e. The van der Waals surface area contributed by atoms with Crippen molar-refractivity contribution >= 4 is 44.5 Å². The Morgan fingerprint density at radius 2 is 0.714 bits per heavy atom. The molecule has 9 aromatic carbocycles. The number of imidazole rings is 3. The van der Waals surface area contributed by atoms with Crippen LogP contribution in [-0.4, -0.2) is 53.5 Å². The number of aromatic nitrogens is 9. The Bertz CT molecular complexity index is 5450. The molecular formula is C79H48F6Ir3N13O4. The van der Waals surface area contributed by atoms with Crippen molar-refractivity contribution in [1.82, 2.24) is 43.6 Å². The zero-order valence-corrected chi connectivity index (χ0v) is 62.5. The number of para-hydroxylation sites is 6. The summed E-state index contributed by atoms with van der Waals surface area (Å²) in [4.78, 5) is 43.4. The summed E-state index contributed by atoms with van der Waals surface area (Å²) < 4.78 is 86.4. The third kappa shape index (κ3) is 19.7. The van der Waals surface area contributed by atoms with E-state index in [0.29, 0.717) is 16.8 Å². The summed E-state index contributed by atoms with van der Waals surface area (Å²) in [6, 6.07) is 73.5. The second-order valence-electron chi connectivity index (χ2n) is 22.0. The van der Waals surface area contributed by atoms with Crippen molar-refractivity contribution in [3.8, 4) is 63.0 Å². The van der Waals surface area contributed by atoms with E-state index in [1.165, 1.54) is 37.0 Å². The van der Waals surface area contributed by atoms with Gasteiger partial charge in [-0.15, -0.1) is 36.4 Å². The van der Waals surface area contributed by atoms with Gasteiger partial charge in [0.2, 0.25) is 0 Å². The van der Waals surface area contributed by atoms with Gasteiger partial charge in [-0.05, 0) is 72.6 Å². The topological polar surface area (TPSA) is 226 Å². The maximum absolute atomic E-state index is 13.8. The molecule has 0 spiro atoms. The zero-order chi connectivity index (χ0) is 72.6. The van der Waals surface area contributed by atoms with Gasteiger partial charge >= 0.3 is 60.3 Å². The van der Waals surface area contributed by atoms with Gasteiger partial charge in [0, 0.05) is 59.1 Å². The number of nitro groups is 2. The first-order valence-corrected chi connectivity index (χ1v) is 30.3. The van der Waals surface area contributed by atoms with Gasteiger partial charge in [0.25, 0.3) is 11.4 Å². The number of hydrogen-bond donors (Lipinski definition) is 0. The van der Waals surface area contributed by atoms with E-state index in [1.807, 2.05) is 102 Å². The molecule has 0 aliphatic carbocycles. The predicted octanol–water partition coefficient (Wildman–Crippen LogP) is 17.5. The zero-order valence-electron chi connectivity index (χ0n) is 55.3. The number of aryl methyl sites for hydroxylation is 4. The van der Waals surface area contributed by atoms with E-state index in [9.17, 15) is 46.6 Å². The fourth-order valence-corrected chi connectivity index (χ4v) is 9.76. The molecule has 105 heavy (non-hydrogen) atoms. The standard InChI is InChI=1S/2C14H7N3.C14H10N2.C13H10F2N.2C12H7F2N2O2.3Ir/c2*15-9-11-4-3-5-12(8-11)17-10-16-13-6-1-2-7-14(13)17;1-11-5-4-6-12(9-11)16-10-15-13-7-2-3-8-14(13)16;1-8-5-6-16-12(7-8)10-3-4-11(14)9(2)13(10)15;2*1-7-4-5-15-10(6-7)8-2-3-9(13)12(11(8)14)16(17)18;;;/h2*1-4,6-8H;2-5,7-9H,1H3;4-7H,1-2H3;2*3-6H,1H3;;;/q3*-2;3*-1;3*+3. The molecule has 26 heteroatoms. The number of benzene rings is 9. The van der Waals surface area contributed by atoms with E-state index in [4.69, 9.17) is 10.5 Å². The van der Waals surface area contributed by atoms with Crippen molar-refractivity contribution < 1.29 is 96.5 Å². The van der Waals surface area contributed by atoms with Gasteiger partial charge in [-0.25, -0.2) is 18.2 Å². The third-order valence-corrected chi connectivity index (χ3v) is 14.8. The maximum Gasteiger partial charge on any atom is 3.00 e. The van der Waals surface area contributed by atoms with Crippen LogP contribution in [0.5, 0.6) is 0 Å². The molecule has 0 amide bonds. The normalized spacial score (nSPS) is 10.1. The molecule has 0 bridgehead atoms. The minimum atomic E-state index is -1.27. The van der Waals surface area contributed by atoms with Crippen LogP contribution in [0.2, 0.25) is 0 Å². The fourth-order valence-electron chi connectivity index (χ4n) is 9.76. The van der Waals surface area contributed by atoms with Gasteiger partial charge in [0.1, 0.15) is 23.3 Å². The molecule has 0 unspecified atom stereocenters. The van der Waals surface area contributed by atoms with Crippen LogP contribution < -0.4 is 0 Å². The molecule has 0 fully saturated rings. The molecule has 0 aliphatic heterocycles. The van der Waals surface area contributed by atoms with Gasteiger partial charge in [0.15, 0.2) is 0 Å². The van der Waals surface area contributed by atoms with Gasteiger partial charge in [0.05, 0.1) is 12.1 Å². The smallest absolute Gasteiger partial charge is 0.448 e. The summed E-state index contributed by atoms with van der Waals surface area (Å²) in [7, 11) is 0. The average Bonchev–Trinajstić information content (AvgIpc) is 1.14. The maximum atomic E-state index is 13.8. The number of nitro benzene ring substituents is 2. The first-order valence-electron chi connectivity index (χ1n) is 30.3. The van der Waals surface area contributed by atoms with E-state index < -0.39 is 56.1 Å². The molecule has 522 valence electrons. The van der Waals surface area contributed by atoms with Crippen molar-refractivity contribution in [2.45, 2.75) is 34.6 Å².